The summed E-state index contributed by atoms with van der Waals surface area (Å²) in [6.07, 6.45) is 11.2. The molecule has 280 valence electrons. The smallest absolute Gasteiger partial charge is 0.334 e. The molecule has 6 aliphatic rings. The molecular formula is C44H56O8. The number of allylic oxidation sites excluding steroid dienone is 1. The predicted molar refractivity (Wildman–Crippen MR) is 198 cm³/mol. The van der Waals surface area contributed by atoms with E-state index < -0.39 is 62.5 Å². The molecule has 3 fully saturated rings. The minimum absolute atomic E-state index is 0.0253. The first-order chi connectivity index (χ1) is 24.3. The van der Waals surface area contributed by atoms with Crippen molar-refractivity contribution in [1.29, 1.82) is 0 Å². The van der Waals surface area contributed by atoms with Crippen LogP contribution in [0.4, 0.5) is 0 Å². The lowest BCUT2D eigenvalue weighted by atomic mass is 9.35. The average Bonchev–Trinajstić information content (AvgIpc) is 3.71. The second kappa shape index (κ2) is 12.1. The summed E-state index contributed by atoms with van der Waals surface area (Å²) < 4.78 is 0. The number of carboxylic acid groups (broad SMARTS) is 1. The van der Waals surface area contributed by atoms with E-state index in [1.165, 1.54) is 6.92 Å². The highest BCUT2D eigenvalue weighted by atomic mass is 16.4. The third kappa shape index (κ3) is 4.72. The molecule has 1 aromatic rings. The summed E-state index contributed by atoms with van der Waals surface area (Å²) in [5, 5.41) is 58.2. The number of fused-ring (bicyclic) bond motifs is 2. The van der Waals surface area contributed by atoms with Gasteiger partial charge >= 0.3 is 5.97 Å². The lowest BCUT2D eigenvalue weighted by Gasteiger charge is -2.69. The Balaban J connectivity index is 1.47. The number of hydrogen-bond donors (Lipinski definition) is 5. The van der Waals surface area contributed by atoms with Gasteiger partial charge in [-0.1, -0.05) is 96.0 Å². The number of carbonyl (C=O) groups excluding carboxylic acids is 2. The summed E-state index contributed by atoms with van der Waals surface area (Å²) in [5.41, 5.74) is -4.71. The second-order valence-electron chi connectivity index (χ2n) is 18.3. The van der Waals surface area contributed by atoms with Crippen molar-refractivity contribution in [1.82, 2.24) is 0 Å². The van der Waals surface area contributed by atoms with Crippen molar-refractivity contribution in [3.63, 3.8) is 0 Å². The molecule has 5 N–H and O–H groups in total. The Labute approximate surface area is 307 Å². The van der Waals surface area contributed by atoms with Gasteiger partial charge in [0.2, 0.25) is 0 Å². The maximum Gasteiger partial charge on any atom is 0.334 e. The van der Waals surface area contributed by atoms with Gasteiger partial charge in [-0.3, -0.25) is 9.59 Å². The predicted octanol–water partition coefficient (Wildman–Crippen LogP) is 7.15. The van der Waals surface area contributed by atoms with Crippen LogP contribution in [-0.4, -0.2) is 60.4 Å². The van der Waals surface area contributed by atoms with Crippen LogP contribution in [0.25, 0.3) is 6.08 Å². The first-order valence-electron chi connectivity index (χ1n) is 19.3. The van der Waals surface area contributed by atoms with Crippen LogP contribution in [0.2, 0.25) is 0 Å². The molecular weight excluding hydrogens is 656 g/mol. The van der Waals surface area contributed by atoms with Crippen LogP contribution in [0.1, 0.15) is 105 Å². The topological polar surface area (TPSA) is 152 Å². The number of carboxylic acids is 1. The SMILES string of the molecule is CC(C(=O)O)=C(O)C(O)CC(C)C1CC2(O)C=CC3(O)C4=C(C(=O)CC1(C1CCCC1)C42C)C1(C)CCC(=O)C(C)(C)C1C3C=Cc1ccccc1. The molecule has 52 heavy (non-hydrogen) atoms. The van der Waals surface area contributed by atoms with Crippen LogP contribution >= 0.6 is 0 Å². The van der Waals surface area contributed by atoms with E-state index in [4.69, 9.17) is 0 Å². The van der Waals surface area contributed by atoms with Crippen molar-refractivity contribution >= 4 is 23.6 Å². The van der Waals surface area contributed by atoms with Gasteiger partial charge in [0.1, 0.15) is 23.2 Å². The molecule has 0 heterocycles. The van der Waals surface area contributed by atoms with E-state index in [-0.39, 0.29) is 47.7 Å². The summed E-state index contributed by atoms with van der Waals surface area (Å²) >= 11 is 0. The van der Waals surface area contributed by atoms with Gasteiger partial charge in [0.05, 0.1) is 11.2 Å². The van der Waals surface area contributed by atoms with E-state index in [9.17, 15) is 35.1 Å². The van der Waals surface area contributed by atoms with Gasteiger partial charge in [0.25, 0.3) is 0 Å². The third-order valence-corrected chi connectivity index (χ3v) is 15.7. The number of aliphatic hydroxyl groups is 4. The number of benzene rings is 1. The van der Waals surface area contributed by atoms with Gasteiger partial charge in [0.15, 0.2) is 5.78 Å². The number of Topliss-reactive ketones (excluding diaryl/α,β-unsaturated/α-hetero) is 2. The van der Waals surface area contributed by atoms with Crippen molar-refractivity contribution in [3.8, 4) is 0 Å². The fourth-order valence-electron chi connectivity index (χ4n) is 13.3. The Morgan fingerprint density at radius 1 is 1.00 bits per heavy atom. The standard InChI is InChI=1S/C44H56O8/c1-25(22-31(45)35(48)26(2)38(49)50)30-23-42(51)20-21-44(52)29(17-16-27-12-8-7-9-13-27)36-39(3,4)33(47)18-19-40(36,5)34-32(46)24-43(30,28-14-10-11-15-28)41(42,6)37(34)44/h7-9,12-13,16-17,20-21,25,28-31,36,45,48,51-52H,10-11,14-15,18-19,22-24H2,1-6H3,(H,49,50). The summed E-state index contributed by atoms with van der Waals surface area (Å²) in [4.78, 5) is 40.8. The van der Waals surface area contributed by atoms with Crippen LogP contribution < -0.4 is 0 Å². The van der Waals surface area contributed by atoms with Crippen LogP contribution in [0.5, 0.6) is 0 Å². The summed E-state index contributed by atoms with van der Waals surface area (Å²) in [6, 6.07) is 9.87. The Bertz CT molecular complexity index is 1810. The minimum atomic E-state index is -1.67. The molecule has 0 amide bonds. The minimum Gasteiger partial charge on any atom is -0.509 e. The van der Waals surface area contributed by atoms with Crippen molar-refractivity contribution in [2.45, 2.75) is 117 Å². The van der Waals surface area contributed by atoms with Crippen molar-refractivity contribution in [3.05, 3.63) is 76.6 Å². The molecule has 0 spiro atoms. The highest BCUT2D eigenvalue weighted by Crippen LogP contribution is 2.80. The molecule has 0 aliphatic heterocycles. The van der Waals surface area contributed by atoms with Gasteiger partial charge in [-0.05, 0) is 85.3 Å². The molecule has 7 rings (SSSR count). The molecule has 0 radical (unpaired) electrons. The number of aliphatic hydroxyl groups excluding tert-OH is 2. The quantitative estimate of drug-likeness (QED) is 0.108. The fourth-order valence-corrected chi connectivity index (χ4v) is 13.3. The Morgan fingerprint density at radius 2 is 1.65 bits per heavy atom. The maximum atomic E-state index is 15.4. The number of hydrogen-bond acceptors (Lipinski definition) is 7. The van der Waals surface area contributed by atoms with Gasteiger partial charge < -0.3 is 25.5 Å². The first-order valence-corrected chi connectivity index (χ1v) is 19.3. The van der Waals surface area contributed by atoms with E-state index in [0.29, 0.717) is 30.4 Å². The molecule has 6 aliphatic carbocycles. The Morgan fingerprint density at radius 3 is 2.29 bits per heavy atom. The van der Waals surface area contributed by atoms with Gasteiger partial charge in [-0.15, -0.1) is 0 Å². The normalized spacial score (nSPS) is 41.1. The number of rotatable bonds is 8. The highest BCUT2D eigenvalue weighted by molar-refractivity contribution is 6.02. The van der Waals surface area contributed by atoms with Crippen molar-refractivity contribution in [2.75, 3.05) is 0 Å². The van der Waals surface area contributed by atoms with E-state index >= 15 is 4.79 Å². The number of carbonyl (C=O) groups is 3. The van der Waals surface area contributed by atoms with Crippen LogP contribution in [0.15, 0.2) is 71.0 Å². The maximum absolute atomic E-state index is 15.4. The molecule has 8 nitrogen and oxygen atoms in total. The molecule has 10 atom stereocenters. The van der Waals surface area contributed by atoms with Gasteiger partial charge in [-0.25, -0.2) is 4.79 Å². The monoisotopic (exact) mass is 712 g/mol. The zero-order valence-electron chi connectivity index (χ0n) is 31.5. The fraction of sp³-hybridized carbons (Fsp3) is 0.614. The second-order valence-corrected chi connectivity index (χ2v) is 18.3. The van der Waals surface area contributed by atoms with E-state index in [2.05, 4.69) is 13.8 Å². The summed E-state index contributed by atoms with van der Waals surface area (Å²) in [7, 11) is 0. The summed E-state index contributed by atoms with van der Waals surface area (Å²) in [6.45, 7) is 11.4. The Kier molecular flexibility index (Phi) is 8.60. The van der Waals surface area contributed by atoms with E-state index in [1.807, 2.05) is 63.3 Å². The van der Waals surface area contributed by atoms with Crippen LogP contribution in [0.3, 0.4) is 0 Å². The third-order valence-electron chi connectivity index (χ3n) is 15.7. The number of aliphatic carboxylic acids is 1. The molecule has 10 unspecified atom stereocenters. The molecule has 3 saturated carbocycles. The molecule has 8 heteroatoms. The molecule has 0 aromatic heterocycles. The lowest BCUT2D eigenvalue weighted by molar-refractivity contribution is -0.169. The van der Waals surface area contributed by atoms with E-state index in [0.717, 1.165) is 31.2 Å². The van der Waals surface area contributed by atoms with Gasteiger partial charge in [0, 0.05) is 40.6 Å². The highest BCUT2D eigenvalue weighted by Gasteiger charge is 2.80. The Hall–Kier alpha value is -3.33. The van der Waals surface area contributed by atoms with Crippen molar-refractivity contribution < 1.29 is 39.9 Å². The molecule has 0 bridgehead atoms. The van der Waals surface area contributed by atoms with E-state index in [1.54, 1.807) is 12.2 Å². The number of ketones is 2. The lowest BCUT2D eigenvalue weighted by Crippen LogP contribution is -2.70. The van der Waals surface area contributed by atoms with Crippen LogP contribution in [-0.2, 0) is 14.4 Å². The first kappa shape index (κ1) is 37.0. The zero-order valence-corrected chi connectivity index (χ0v) is 31.5. The van der Waals surface area contributed by atoms with Crippen LogP contribution in [0, 0.1) is 51.2 Å². The molecule has 0 saturated heterocycles. The van der Waals surface area contributed by atoms with Gasteiger partial charge in [-0.2, -0.15) is 0 Å². The zero-order chi connectivity index (χ0) is 37.8. The average molecular weight is 713 g/mol. The summed E-state index contributed by atoms with van der Waals surface area (Å²) in [5.74, 6) is -3.34. The molecule has 1 aromatic carbocycles. The largest absolute Gasteiger partial charge is 0.509 e. The van der Waals surface area contributed by atoms with Crippen molar-refractivity contribution in [2.24, 2.45) is 51.2 Å².